The maximum absolute atomic E-state index is 10.9. The first-order valence-electron chi connectivity index (χ1n) is 3.81. The van der Waals surface area contributed by atoms with E-state index in [0.717, 1.165) is 12.2 Å². The molecule has 1 aliphatic carbocycles. The molecule has 1 rings (SSSR count). The van der Waals surface area contributed by atoms with E-state index >= 15 is 0 Å². The molecule has 0 saturated heterocycles. The van der Waals surface area contributed by atoms with Crippen LogP contribution in [0, 0.1) is 0 Å². The molecule has 0 fully saturated rings. The van der Waals surface area contributed by atoms with Crippen LogP contribution in [0.25, 0.3) is 0 Å². The largest absolute Gasteiger partial charge is 0.386 e. The molecule has 0 bridgehead atoms. The first-order chi connectivity index (χ1) is 6.98. The minimum atomic E-state index is -4.94. The average Bonchev–Trinajstić information content (AvgIpc) is 2.06. The molecular weight excluding hydrogens is 262 g/mol. The number of hydrogen-bond acceptors (Lipinski definition) is 6. The van der Waals surface area contributed by atoms with Crippen LogP contribution in [0.2, 0.25) is 0 Å². The molecule has 92 valence electrons. The van der Waals surface area contributed by atoms with Gasteiger partial charge in [0.1, 0.15) is 6.10 Å². The van der Waals surface area contributed by atoms with Crippen molar-refractivity contribution in [1.29, 1.82) is 0 Å². The second-order valence-electron chi connectivity index (χ2n) is 3.15. The zero-order valence-electron chi connectivity index (χ0n) is 7.68. The third-order valence-corrected chi connectivity index (χ3v) is 4.12. The van der Waals surface area contributed by atoms with E-state index in [0.29, 0.717) is 6.08 Å². The summed E-state index contributed by atoms with van der Waals surface area (Å²) in [4.78, 5) is -3.52. The molecule has 0 aliphatic heterocycles. The van der Waals surface area contributed by atoms with Gasteiger partial charge in [-0.2, -0.15) is 16.8 Å². The van der Waals surface area contributed by atoms with Gasteiger partial charge in [0.15, 0.2) is 4.87 Å². The zero-order chi connectivity index (χ0) is 12.8. The monoisotopic (exact) mass is 271 g/mol. The van der Waals surface area contributed by atoms with Crippen molar-refractivity contribution in [2.45, 2.75) is 11.0 Å². The Morgan fingerprint density at radius 1 is 1.25 bits per heavy atom. The van der Waals surface area contributed by atoms with Gasteiger partial charge in [0.2, 0.25) is 0 Å². The van der Waals surface area contributed by atoms with Crippen LogP contribution in [-0.4, -0.2) is 42.0 Å². The van der Waals surface area contributed by atoms with Crippen molar-refractivity contribution < 1.29 is 31.0 Å². The van der Waals surface area contributed by atoms with Crippen LogP contribution in [0.1, 0.15) is 0 Å². The zero-order valence-corrected chi connectivity index (χ0v) is 9.31. The molecule has 0 heterocycles. The van der Waals surface area contributed by atoms with Crippen LogP contribution in [0.15, 0.2) is 23.1 Å². The number of aliphatic hydroxyl groups excluding tert-OH is 1. The highest BCUT2D eigenvalue weighted by atomic mass is 32.2. The maximum atomic E-state index is 10.9. The lowest BCUT2D eigenvalue weighted by atomic mass is 10.1. The lowest BCUT2D eigenvalue weighted by Gasteiger charge is -2.28. The molecule has 8 nitrogen and oxygen atoms in total. The van der Waals surface area contributed by atoms with Gasteiger partial charge in [-0.05, 0) is 12.2 Å². The number of hydrogen-bond donors (Lipinski definition) is 4. The molecule has 10 heteroatoms. The summed E-state index contributed by atoms with van der Waals surface area (Å²) < 4.78 is 60.7. The van der Waals surface area contributed by atoms with E-state index < -0.39 is 36.1 Å². The van der Waals surface area contributed by atoms with Crippen molar-refractivity contribution in [1.82, 2.24) is 0 Å². The highest BCUT2D eigenvalue weighted by Gasteiger charge is 2.46. The van der Waals surface area contributed by atoms with Gasteiger partial charge in [0, 0.05) is 0 Å². The highest BCUT2D eigenvalue weighted by molar-refractivity contribution is 7.90. The van der Waals surface area contributed by atoms with Crippen LogP contribution >= 0.6 is 0 Å². The van der Waals surface area contributed by atoms with Crippen LogP contribution in [0.3, 0.4) is 0 Å². The van der Waals surface area contributed by atoms with Crippen molar-refractivity contribution in [2.24, 2.45) is 5.73 Å². The molecule has 2 atom stereocenters. The van der Waals surface area contributed by atoms with Gasteiger partial charge in [-0.15, -0.1) is 0 Å². The van der Waals surface area contributed by atoms with Gasteiger partial charge < -0.3 is 10.8 Å². The average molecular weight is 271 g/mol. The quantitative estimate of drug-likeness (QED) is 0.430. The minimum absolute atomic E-state index is 0.363. The van der Waals surface area contributed by atoms with Crippen LogP contribution in [0.4, 0.5) is 0 Å². The topological polar surface area (TPSA) is 155 Å². The Bertz CT molecular complexity index is 558. The fourth-order valence-corrected chi connectivity index (χ4v) is 2.41. The third-order valence-electron chi connectivity index (χ3n) is 2.02. The SMILES string of the molecule is NC1(S(=O)(=O)O)C=C(S(=O)(=O)O)C=CC1O. The summed E-state index contributed by atoms with van der Waals surface area (Å²) in [6.07, 6.45) is 0.0446. The predicted octanol–water partition coefficient (Wildman–Crippen LogP) is -1.77. The summed E-state index contributed by atoms with van der Waals surface area (Å²) in [6.45, 7) is 0. The summed E-state index contributed by atoms with van der Waals surface area (Å²) in [5.74, 6) is 0. The standard InChI is InChI=1S/C6H9NO7S2/c7-6(16(12,13)14)3-4(15(9,10)11)1-2-5(6)8/h1-3,5,8H,7H2,(H,9,10,11)(H,12,13,14). The lowest BCUT2D eigenvalue weighted by molar-refractivity contribution is 0.183. The molecule has 16 heavy (non-hydrogen) atoms. The van der Waals surface area contributed by atoms with E-state index in [4.69, 9.17) is 14.8 Å². The van der Waals surface area contributed by atoms with Crippen molar-refractivity contribution in [3.05, 3.63) is 23.1 Å². The number of rotatable bonds is 2. The fourth-order valence-electron chi connectivity index (χ4n) is 1.08. The van der Waals surface area contributed by atoms with Gasteiger partial charge >= 0.3 is 0 Å². The van der Waals surface area contributed by atoms with E-state index in [1.165, 1.54) is 0 Å². The molecule has 0 amide bonds. The number of allylic oxidation sites excluding steroid dienone is 1. The Labute approximate surface area is 91.6 Å². The van der Waals surface area contributed by atoms with Crippen molar-refractivity contribution in [3.8, 4) is 0 Å². The summed E-state index contributed by atoms with van der Waals surface area (Å²) in [7, 11) is -9.62. The molecule has 0 radical (unpaired) electrons. The van der Waals surface area contributed by atoms with Gasteiger partial charge in [0.05, 0.1) is 4.91 Å². The Morgan fingerprint density at radius 3 is 2.12 bits per heavy atom. The summed E-state index contributed by atoms with van der Waals surface area (Å²) >= 11 is 0. The first kappa shape index (κ1) is 13.3. The molecular formula is C6H9NO7S2. The molecule has 0 aromatic rings. The molecule has 0 saturated carbocycles. The van der Waals surface area contributed by atoms with E-state index in [2.05, 4.69) is 0 Å². The Hall–Kier alpha value is -0.780. The second kappa shape index (κ2) is 3.61. The maximum Gasteiger partial charge on any atom is 0.294 e. The van der Waals surface area contributed by atoms with E-state index in [1.54, 1.807) is 0 Å². The summed E-state index contributed by atoms with van der Waals surface area (Å²) in [5, 5.41) is 9.28. The third kappa shape index (κ3) is 2.16. The van der Waals surface area contributed by atoms with Gasteiger partial charge in [0.25, 0.3) is 20.2 Å². The molecule has 0 aromatic carbocycles. The van der Waals surface area contributed by atoms with Crippen LogP contribution < -0.4 is 5.73 Å². The number of nitrogens with two attached hydrogens (primary N) is 1. The molecule has 2 unspecified atom stereocenters. The first-order valence-corrected chi connectivity index (χ1v) is 6.69. The predicted molar refractivity (Wildman–Crippen MR) is 53.2 cm³/mol. The van der Waals surface area contributed by atoms with Crippen molar-refractivity contribution in [3.63, 3.8) is 0 Å². The van der Waals surface area contributed by atoms with Crippen LogP contribution in [-0.2, 0) is 20.2 Å². The van der Waals surface area contributed by atoms with Gasteiger partial charge in [-0.1, -0.05) is 6.08 Å². The van der Waals surface area contributed by atoms with Crippen molar-refractivity contribution >= 4 is 20.2 Å². The summed E-state index contributed by atoms with van der Waals surface area (Å²) in [5.41, 5.74) is 5.18. The van der Waals surface area contributed by atoms with Gasteiger partial charge in [-0.3, -0.25) is 9.11 Å². The van der Waals surface area contributed by atoms with E-state index in [9.17, 15) is 21.9 Å². The molecule has 0 aromatic heterocycles. The smallest absolute Gasteiger partial charge is 0.294 e. The molecule has 0 spiro atoms. The van der Waals surface area contributed by atoms with E-state index in [1.807, 2.05) is 0 Å². The minimum Gasteiger partial charge on any atom is -0.386 e. The summed E-state index contributed by atoms with van der Waals surface area (Å²) in [6, 6.07) is 0. The normalized spacial score (nSPS) is 31.2. The molecule has 5 N–H and O–H groups in total. The fraction of sp³-hybridized carbons (Fsp3) is 0.333. The Balaban J connectivity index is 3.45. The van der Waals surface area contributed by atoms with Crippen molar-refractivity contribution in [2.75, 3.05) is 0 Å². The Kier molecular flexibility index (Phi) is 3.00. The molecule has 1 aliphatic rings. The van der Waals surface area contributed by atoms with Gasteiger partial charge in [-0.25, -0.2) is 0 Å². The Morgan fingerprint density at radius 2 is 1.75 bits per heavy atom. The van der Waals surface area contributed by atoms with Crippen LogP contribution in [0.5, 0.6) is 0 Å². The van der Waals surface area contributed by atoms with E-state index in [-0.39, 0.29) is 0 Å². The number of aliphatic hydroxyl groups is 1. The lowest BCUT2D eigenvalue weighted by Crippen LogP contribution is -2.56. The second-order valence-corrected chi connectivity index (χ2v) is 6.23. The highest BCUT2D eigenvalue weighted by Crippen LogP contribution is 2.26.